The number of amides is 5. The Labute approximate surface area is 311 Å². The molecule has 0 bridgehead atoms. The molecule has 4 aliphatic carbocycles. The molecule has 0 radical (unpaired) electrons. The van der Waals surface area contributed by atoms with Crippen LogP contribution in [0.25, 0.3) is 0 Å². The van der Waals surface area contributed by atoms with Crippen molar-refractivity contribution >= 4 is 39.6 Å². The van der Waals surface area contributed by atoms with Crippen LogP contribution in [0.3, 0.4) is 0 Å². The standard InChI is InChI=1S/C38H64N6O7S/c1-9-44(23(2)3)52(50,51)22-38(19-11-10-12-20-38)42-35(49)41-31(36(4,5)6)34(48)43-21-26-28(37(26,7)8)29(43)32(46)40-27(18-15-24-13-14-24)30(45)33(47)39-25-16-17-25/h23-29,31H,9-22H2,1-8H3,(H,39,47)(H,40,46)(H2,41,42,49). The van der Waals surface area contributed by atoms with Gasteiger partial charge in [0.2, 0.25) is 27.6 Å². The minimum atomic E-state index is -3.70. The molecular formula is C38H64N6O7S. The fourth-order valence-electron chi connectivity index (χ4n) is 8.86. The van der Waals surface area contributed by atoms with Gasteiger partial charge in [0.25, 0.3) is 5.91 Å². The SMILES string of the molecule is CCN(C(C)C)S(=O)(=O)CC1(NC(=O)NC(C(=O)N2CC3C(C2C(=O)NC(CCC2CC2)C(=O)C(=O)NC2CC2)C3(C)C)C(C)(C)C)CCCCC1. The van der Waals surface area contributed by atoms with Crippen LogP contribution in [0.1, 0.15) is 126 Å². The largest absolute Gasteiger partial charge is 0.347 e. The number of carbonyl (C=O) groups excluding carboxylic acids is 5. The van der Waals surface area contributed by atoms with E-state index in [9.17, 15) is 32.4 Å². The first-order valence-corrected chi connectivity index (χ1v) is 21.4. The van der Waals surface area contributed by atoms with Gasteiger partial charge in [0.05, 0.1) is 17.3 Å². The van der Waals surface area contributed by atoms with Gasteiger partial charge in [0, 0.05) is 25.2 Å². The number of sulfonamides is 1. The number of urea groups is 1. The van der Waals surface area contributed by atoms with Crippen LogP contribution in [0.5, 0.6) is 0 Å². The van der Waals surface area contributed by atoms with Crippen LogP contribution < -0.4 is 21.3 Å². The number of hydrogen-bond acceptors (Lipinski definition) is 7. The monoisotopic (exact) mass is 748 g/mol. The summed E-state index contributed by atoms with van der Waals surface area (Å²) in [6.07, 6.45) is 8.46. The molecule has 0 aromatic carbocycles. The molecule has 0 spiro atoms. The molecular weight excluding hydrogens is 685 g/mol. The van der Waals surface area contributed by atoms with Gasteiger partial charge in [-0.25, -0.2) is 13.2 Å². The summed E-state index contributed by atoms with van der Waals surface area (Å²) >= 11 is 0. The maximum absolute atomic E-state index is 14.6. The van der Waals surface area contributed by atoms with Gasteiger partial charge < -0.3 is 26.2 Å². The topological polar surface area (TPSA) is 174 Å². The third kappa shape index (κ3) is 9.13. The van der Waals surface area contributed by atoms with Crippen molar-refractivity contribution in [2.24, 2.45) is 28.6 Å². The van der Waals surface area contributed by atoms with E-state index >= 15 is 0 Å². The Balaban J connectivity index is 1.33. The molecule has 14 heteroatoms. The molecule has 52 heavy (non-hydrogen) atoms. The highest BCUT2D eigenvalue weighted by molar-refractivity contribution is 7.89. The molecule has 5 unspecified atom stereocenters. The second-order valence-electron chi connectivity index (χ2n) is 18.4. The Hall–Kier alpha value is -2.74. The number of Topliss-reactive ketones (excluding diaryl/α,β-unsaturated/α-hetero) is 1. The Morgan fingerprint density at radius 1 is 0.942 bits per heavy atom. The number of hydrogen-bond donors (Lipinski definition) is 4. The van der Waals surface area contributed by atoms with Crippen molar-refractivity contribution in [3.8, 4) is 0 Å². The Bertz CT molecular complexity index is 1490. The van der Waals surface area contributed by atoms with Gasteiger partial charge in [-0.3, -0.25) is 19.2 Å². The van der Waals surface area contributed by atoms with Crippen LogP contribution in [0.15, 0.2) is 0 Å². The average molecular weight is 749 g/mol. The van der Waals surface area contributed by atoms with Crippen molar-refractivity contribution < 1.29 is 32.4 Å². The van der Waals surface area contributed by atoms with Gasteiger partial charge in [-0.2, -0.15) is 4.31 Å². The lowest BCUT2D eigenvalue weighted by molar-refractivity contribution is -0.145. The smallest absolute Gasteiger partial charge is 0.315 e. The molecule has 4 N–H and O–H groups in total. The van der Waals surface area contributed by atoms with E-state index in [1.807, 2.05) is 34.6 Å². The van der Waals surface area contributed by atoms with Gasteiger partial charge in [0.15, 0.2) is 0 Å². The van der Waals surface area contributed by atoms with E-state index in [-0.39, 0.29) is 35.1 Å². The summed E-state index contributed by atoms with van der Waals surface area (Å²) in [4.78, 5) is 70.4. The van der Waals surface area contributed by atoms with E-state index in [1.54, 1.807) is 11.8 Å². The molecule has 0 aromatic heterocycles. The van der Waals surface area contributed by atoms with Crippen molar-refractivity contribution in [3.63, 3.8) is 0 Å². The van der Waals surface area contributed by atoms with Crippen molar-refractivity contribution in [1.82, 2.24) is 30.5 Å². The van der Waals surface area contributed by atoms with Crippen molar-refractivity contribution in [2.45, 2.75) is 162 Å². The summed E-state index contributed by atoms with van der Waals surface area (Å²) in [7, 11) is -3.70. The zero-order valence-electron chi connectivity index (χ0n) is 32.7. The Morgan fingerprint density at radius 2 is 1.58 bits per heavy atom. The molecule has 5 atom stereocenters. The summed E-state index contributed by atoms with van der Waals surface area (Å²) in [5.74, 6) is -1.97. The summed E-state index contributed by atoms with van der Waals surface area (Å²) in [5.41, 5.74) is -1.94. The number of likely N-dealkylation sites (tertiary alicyclic amines) is 1. The van der Waals surface area contributed by atoms with E-state index in [0.29, 0.717) is 38.3 Å². The second kappa shape index (κ2) is 15.2. The Morgan fingerprint density at radius 3 is 2.12 bits per heavy atom. The summed E-state index contributed by atoms with van der Waals surface area (Å²) in [6.45, 7) is 15.8. The van der Waals surface area contributed by atoms with Gasteiger partial charge >= 0.3 is 6.03 Å². The molecule has 5 amide bonds. The first-order valence-electron chi connectivity index (χ1n) is 19.7. The van der Waals surface area contributed by atoms with Crippen LogP contribution in [-0.4, -0.2) is 102 Å². The third-order valence-corrected chi connectivity index (χ3v) is 14.7. The number of nitrogens with one attached hydrogen (secondary N) is 4. The van der Waals surface area contributed by atoms with Gasteiger partial charge in [-0.05, 0) is 81.0 Å². The predicted molar refractivity (Wildman–Crippen MR) is 198 cm³/mol. The average Bonchev–Trinajstić information content (AvgIpc) is 4.00. The number of nitrogens with zero attached hydrogens (tertiary/aromatic N) is 2. The van der Waals surface area contributed by atoms with Crippen LogP contribution in [-0.2, 0) is 29.2 Å². The molecule has 294 valence electrons. The van der Waals surface area contributed by atoms with Gasteiger partial charge in [-0.15, -0.1) is 0 Å². The molecule has 4 saturated carbocycles. The maximum Gasteiger partial charge on any atom is 0.315 e. The van der Waals surface area contributed by atoms with Crippen LogP contribution in [0.2, 0.25) is 0 Å². The second-order valence-corrected chi connectivity index (χ2v) is 20.3. The number of rotatable bonds is 16. The van der Waals surface area contributed by atoms with E-state index in [0.717, 1.165) is 51.4 Å². The zero-order valence-corrected chi connectivity index (χ0v) is 33.5. The lowest BCUT2D eigenvalue weighted by atomic mass is 9.83. The lowest BCUT2D eigenvalue weighted by Crippen LogP contribution is -2.64. The van der Waals surface area contributed by atoms with Crippen LogP contribution in [0, 0.1) is 28.6 Å². The molecule has 1 saturated heterocycles. The van der Waals surface area contributed by atoms with Crippen molar-refractivity contribution in [2.75, 3.05) is 18.8 Å². The molecule has 5 rings (SSSR count). The summed E-state index contributed by atoms with van der Waals surface area (Å²) < 4.78 is 28.7. The fourth-order valence-corrected chi connectivity index (χ4v) is 11.1. The number of carbonyl (C=O) groups is 5. The molecule has 1 heterocycles. The number of piperidine rings is 1. The summed E-state index contributed by atoms with van der Waals surface area (Å²) in [5, 5.41) is 11.6. The fraction of sp³-hybridized carbons (Fsp3) is 0.868. The van der Waals surface area contributed by atoms with Crippen molar-refractivity contribution in [1.29, 1.82) is 0 Å². The first-order chi connectivity index (χ1) is 24.2. The minimum Gasteiger partial charge on any atom is -0.347 e. The normalized spacial score (nSPS) is 26.3. The number of ketones is 1. The van der Waals surface area contributed by atoms with Crippen LogP contribution in [0.4, 0.5) is 4.79 Å². The highest BCUT2D eigenvalue weighted by Crippen LogP contribution is 2.65. The molecule has 5 aliphatic rings. The minimum absolute atomic E-state index is 0.00898. The van der Waals surface area contributed by atoms with Gasteiger partial charge in [0.1, 0.15) is 12.1 Å². The van der Waals surface area contributed by atoms with Gasteiger partial charge in [-0.1, -0.05) is 73.6 Å². The van der Waals surface area contributed by atoms with Crippen molar-refractivity contribution in [3.05, 3.63) is 0 Å². The molecule has 1 aliphatic heterocycles. The van der Waals surface area contributed by atoms with E-state index < -0.39 is 68.6 Å². The highest BCUT2D eigenvalue weighted by Gasteiger charge is 2.70. The quantitative estimate of drug-likeness (QED) is 0.175. The van der Waals surface area contributed by atoms with E-state index in [4.69, 9.17) is 0 Å². The van der Waals surface area contributed by atoms with E-state index in [2.05, 4.69) is 35.1 Å². The molecule has 0 aromatic rings. The predicted octanol–water partition coefficient (Wildman–Crippen LogP) is 3.47. The Kier molecular flexibility index (Phi) is 11.8. The number of fused-ring (bicyclic) bond motifs is 1. The maximum atomic E-state index is 14.6. The van der Waals surface area contributed by atoms with E-state index in [1.165, 1.54) is 4.31 Å². The first kappa shape index (κ1) is 40.4. The zero-order chi connectivity index (χ0) is 38.4. The third-order valence-electron chi connectivity index (χ3n) is 12.4. The molecule has 13 nitrogen and oxygen atoms in total. The lowest BCUT2D eigenvalue weighted by Gasteiger charge is -2.41. The molecule has 5 fully saturated rings. The van der Waals surface area contributed by atoms with Crippen LogP contribution >= 0.6 is 0 Å². The highest BCUT2D eigenvalue weighted by atomic mass is 32.2. The summed E-state index contributed by atoms with van der Waals surface area (Å²) in [6, 6.07) is -3.70.